The average Bonchev–Trinajstić information content (AvgIpc) is 3.36. The van der Waals surface area contributed by atoms with Crippen LogP contribution < -0.4 is 5.73 Å². The van der Waals surface area contributed by atoms with Crippen LogP contribution in [0.1, 0.15) is 24.6 Å². The molecule has 1 saturated carbocycles. The minimum absolute atomic E-state index is 0.173. The maximum absolute atomic E-state index is 10.8. The fourth-order valence-corrected chi connectivity index (χ4v) is 4.48. The molecule has 10 heteroatoms. The van der Waals surface area contributed by atoms with Crippen LogP contribution in [0.2, 0.25) is 0 Å². The van der Waals surface area contributed by atoms with Gasteiger partial charge in [-0.05, 0) is 53.1 Å². The summed E-state index contributed by atoms with van der Waals surface area (Å²) in [5.74, 6) is 0.247. The van der Waals surface area contributed by atoms with E-state index < -0.39 is 24.5 Å². The van der Waals surface area contributed by atoms with E-state index in [0.717, 1.165) is 22.0 Å². The van der Waals surface area contributed by atoms with E-state index in [1.54, 1.807) is 4.57 Å². The molecule has 2 fully saturated rings. The molecule has 3 aromatic rings. The molecule has 30 heavy (non-hydrogen) atoms. The number of aliphatic hydroxyl groups excluding tert-OH is 2. The molecule has 158 valence electrons. The third kappa shape index (κ3) is 3.78. The smallest absolute Gasteiger partial charge is 0.167 e. The van der Waals surface area contributed by atoms with Crippen molar-refractivity contribution in [3.63, 3.8) is 0 Å². The van der Waals surface area contributed by atoms with Crippen molar-refractivity contribution in [2.24, 2.45) is 0 Å². The van der Waals surface area contributed by atoms with Crippen LogP contribution in [-0.4, -0.2) is 60.3 Å². The summed E-state index contributed by atoms with van der Waals surface area (Å²) in [6.45, 7) is 0. The summed E-state index contributed by atoms with van der Waals surface area (Å²) in [4.78, 5) is 12.4. The number of anilines is 1. The van der Waals surface area contributed by atoms with Crippen molar-refractivity contribution in [2.75, 3.05) is 5.73 Å². The van der Waals surface area contributed by atoms with Crippen LogP contribution in [0.4, 0.5) is 5.82 Å². The molecule has 1 aliphatic heterocycles. The number of hydrogen-bond acceptors (Lipinski definition) is 8. The maximum Gasteiger partial charge on any atom is 0.167 e. The number of nitrogens with two attached hydrogens (primary N) is 1. The summed E-state index contributed by atoms with van der Waals surface area (Å²) in [5.41, 5.74) is 7.83. The van der Waals surface area contributed by atoms with E-state index >= 15 is 0 Å². The Bertz CT molecular complexity index is 1060. The second kappa shape index (κ2) is 8.00. The number of imidazole rings is 1. The number of nitrogen functional groups attached to an aromatic ring is 1. The van der Waals surface area contributed by atoms with Gasteiger partial charge in [-0.25, -0.2) is 15.0 Å². The number of aliphatic hydroxyl groups is 2. The molecule has 5 atom stereocenters. The molecule has 1 saturated heterocycles. The number of rotatable bonds is 6. The topological polar surface area (TPSA) is 129 Å². The molecule has 9 nitrogen and oxygen atoms in total. The lowest BCUT2D eigenvalue weighted by Gasteiger charge is -2.26. The number of aromatic nitrogens is 4. The van der Waals surface area contributed by atoms with Crippen molar-refractivity contribution in [3.8, 4) is 0 Å². The molecule has 1 unspecified atom stereocenters. The van der Waals surface area contributed by atoms with Crippen LogP contribution in [0, 0.1) is 3.57 Å². The Hall–Kier alpha value is -1.86. The van der Waals surface area contributed by atoms with E-state index in [2.05, 4.69) is 43.6 Å². The van der Waals surface area contributed by atoms with Gasteiger partial charge in [0.1, 0.15) is 30.2 Å². The van der Waals surface area contributed by atoms with Crippen LogP contribution in [0.5, 0.6) is 0 Å². The highest BCUT2D eigenvalue weighted by molar-refractivity contribution is 14.1. The largest absolute Gasteiger partial charge is 0.387 e. The number of hydrogen-bond donors (Lipinski definition) is 3. The first-order valence-corrected chi connectivity index (χ1v) is 10.9. The van der Waals surface area contributed by atoms with Crippen LogP contribution in [-0.2, 0) is 15.9 Å². The molecule has 5 rings (SSSR count). The van der Waals surface area contributed by atoms with Crippen molar-refractivity contribution in [2.45, 2.75) is 56.0 Å². The van der Waals surface area contributed by atoms with Gasteiger partial charge in [0, 0.05) is 9.99 Å². The lowest BCUT2D eigenvalue weighted by Crippen LogP contribution is -2.41. The van der Waals surface area contributed by atoms with Gasteiger partial charge in [0.15, 0.2) is 17.7 Å². The summed E-state index contributed by atoms with van der Waals surface area (Å²) in [6, 6.07) is 8.14. The van der Waals surface area contributed by atoms with Gasteiger partial charge in [0.2, 0.25) is 0 Å². The zero-order valence-corrected chi connectivity index (χ0v) is 18.2. The SMILES string of the molecule is Nc1ncnc2c1ncn2[C@@H]1O[C@H](C(Cc2cccc(I)c2)OC2CC2)[C@@H](O)[C@H]1O. The summed E-state index contributed by atoms with van der Waals surface area (Å²) in [6.07, 6.45) is 1.37. The molecule has 2 aliphatic rings. The Morgan fingerprint density at radius 2 is 2.07 bits per heavy atom. The maximum atomic E-state index is 10.8. The van der Waals surface area contributed by atoms with Gasteiger partial charge in [-0.2, -0.15) is 0 Å². The minimum Gasteiger partial charge on any atom is -0.387 e. The number of nitrogens with zero attached hydrogens (tertiary/aromatic N) is 4. The molecule has 1 aromatic carbocycles. The third-order valence-corrected chi connectivity index (χ3v) is 6.19. The van der Waals surface area contributed by atoms with Gasteiger partial charge >= 0.3 is 0 Å². The Morgan fingerprint density at radius 1 is 1.23 bits per heavy atom. The van der Waals surface area contributed by atoms with E-state index in [1.165, 1.54) is 12.7 Å². The van der Waals surface area contributed by atoms with E-state index in [1.807, 2.05) is 18.2 Å². The quantitative estimate of drug-likeness (QED) is 0.414. The molecule has 4 N–H and O–H groups in total. The molecule has 0 radical (unpaired) electrons. The first kappa shape index (κ1) is 20.1. The number of ether oxygens (including phenoxy) is 2. The van der Waals surface area contributed by atoms with Crippen molar-refractivity contribution >= 4 is 39.6 Å². The second-order valence-corrected chi connectivity index (χ2v) is 9.01. The lowest BCUT2D eigenvalue weighted by molar-refractivity contribution is -0.111. The predicted molar refractivity (Wildman–Crippen MR) is 116 cm³/mol. The minimum atomic E-state index is -1.16. The van der Waals surface area contributed by atoms with Crippen LogP contribution in [0.3, 0.4) is 0 Å². The molecule has 0 spiro atoms. The van der Waals surface area contributed by atoms with Gasteiger partial charge in [-0.3, -0.25) is 4.57 Å². The highest BCUT2D eigenvalue weighted by Crippen LogP contribution is 2.37. The Morgan fingerprint density at radius 3 is 2.83 bits per heavy atom. The van der Waals surface area contributed by atoms with Gasteiger partial charge < -0.3 is 25.4 Å². The van der Waals surface area contributed by atoms with Crippen LogP contribution in [0.15, 0.2) is 36.9 Å². The standard InChI is InChI=1S/C20H22IN5O4/c21-11-3-1-2-10(6-11)7-13(29-12-4-5-12)17-15(27)16(28)20(30-17)26-9-25-14-18(22)23-8-24-19(14)26/h1-3,6,8-9,12-13,15-17,20,27-28H,4-5,7H2,(H2,22,23,24)/t13?,15-,16+,17+,20+/m0/s1. The van der Waals surface area contributed by atoms with E-state index in [-0.39, 0.29) is 18.0 Å². The zero-order chi connectivity index (χ0) is 20.8. The van der Waals surface area contributed by atoms with Gasteiger partial charge in [0.05, 0.1) is 18.5 Å². The van der Waals surface area contributed by atoms with Crippen molar-refractivity contribution in [1.82, 2.24) is 19.5 Å². The van der Waals surface area contributed by atoms with Gasteiger partial charge in [0.25, 0.3) is 0 Å². The molecule has 0 bridgehead atoms. The van der Waals surface area contributed by atoms with Gasteiger partial charge in [-0.1, -0.05) is 12.1 Å². The van der Waals surface area contributed by atoms with Gasteiger partial charge in [-0.15, -0.1) is 0 Å². The number of halogens is 1. The highest BCUT2D eigenvalue weighted by Gasteiger charge is 2.49. The lowest BCUT2D eigenvalue weighted by atomic mass is 9.99. The molecule has 3 heterocycles. The number of benzene rings is 1. The van der Waals surface area contributed by atoms with Crippen LogP contribution >= 0.6 is 22.6 Å². The predicted octanol–water partition coefficient (Wildman–Crippen LogP) is 1.42. The second-order valence-electron chi connectivity index (χ2n) is 7.76. The first-order chi connectivity index (χ1) is 14.5. The first-order valence-electron chi connectivity index (χ1n) is 9.86. The average molecular weight is 523 g/mol. The summed E-state index contributed by atoms with van der Waals surface area (Å²) in [7, 11) is 0. The van der Waals surface area contributed by atoms with Crippen molar-refractivity contribution in [1.29, 1.82) is 0 Å². The number of fused-ring (bicyclic) bond motifs is 1. The molecular weight excluding hydrogens is 501 g/mol. The Labute approximate surface area is 186 Å². The Kier molecular flexibility index (Phi) is 5.35. The molecule has 0 amide bonds. The fourth-order valence-electron chi connectivity index (χ4n) is 3.87. The summed E-state index contributed by atoms with van der Waals surface area (Å²) < 4.78 is 15.1. The van der Waals surface area contributed by atoms with Crippen molar-refractivity contribution < 1.29 is 19.7 Å². The Balaban J connectivity index is 1.43. The van der Waals surface area contributed by atoms with E-state index in [4.69, 9.17) is 15.2 Å². The highest BCUT2D eigenvalue weighted by atomic mass is 127. The normalized spacial score (nSPS) is 27.6. The van der Waals surface area contributed by atoms with Crippen LogP contribution in [0.25, 0.3) is 11.2 Å². The fraction of sp³-hybridized carbons (Fsp3) is 0.450. The third-order valence-electron chi connectivity index (χ3n) is 5.52. The monoisotopic (exact) mass is 523 g/mol. The molecule has 2 aromatic heterocycles. The van der Waals surface area contributed by atoms with E-state index in [9.17, 15) is 10.2 Å². The van der Waals surface area contributed by atoms with Crippen molar-refractivity contribution in [3.05, 3.63) is 46.1 Å². The summed E-state index contributed by atoms with van der Waals surface area (Å²) in [5, 5.41) is 21.6. The summed E-state index contributed by atoms with van der Waals surface area (Å²) >= 11 is 2.27. The zero-order valence-electron chi connectivity index (χ0n) is 16.0. The molecule has 1 aliphatic carbocycles. The molecular formula is C20H22IN5O4. The van der Waals surface area contributed by atoms with E-state index in [0.29, 0.717) is 17.6 Å².